The van der Waals surface area contributed by atoms with Crippen LogP contribution < -0.4 is 4.80 Å². The van der Waals surface area contributed by atoms with Crippen LogP contribution in [0.5, 0.6) is 0 Å². The summed E-state index contributed by atoms with van der Waals surface area (Å²) in [5.74, 6) is 0. The minimum atomic E-state index is -0.586. The van der Waals surface area contributed by atoms with Crippen molar-refractivity contribution in [2.45, 2.75) is 0 Å². The first-order chi connectivity index (χ1) is 10.0. The summed E-state index contributed by atoms with van der Waals surface area (Å²) in [6.07, 6.45) is 0.895. The molecule has 0 unspecified atom stereocenters. The Morgan fingerprint density at radius 2 is 2.14 bits per heavy atom. The van der Waals surface area contributed by atoms with Crippen LogP contribution in [-0.4, -0.2) is 42.3 Å². The number of benzene rings is 1. The summed E-state index contributed by atoms with van der Waals surface area (Å²) in [7, 11) is 3.19. The number of carbonyl (C=O) groups is 2. The number of hydrogen-bond acceptors (Lipinski definition) is 4. The van der Waals surface area contributed by atoms with E-state index in [2.05, 4.69) is 11.6 Å². The van der Waals surface area contributed by atoms with Crippen LogP contribution in [0.4, 0.5) is 9.59 Å². The van der Waals surface area contributed by atoms with E-state index in [1.807, 2.05) is 18.2 Å². The molecule has 0 atom stereocenters. The molecule has 0 bridgehead atoms. The number of hydrogen-bond donors (Lipinski definition) is 0. The van der Waals surface area contributed by atoms with E-state index in [0.29, 0.717) is 5.52 Å². The molecular formula is C14H15N3O3S. The van der Waals surface area contributed by atoms with Gasteiger partial charge in [-0.25, -0.2) is 14.2 Å². The van der Waals surface area contributed by atoms with E-state index in [-0.39, 0.29) is 11.4 Å². The smallest absolute Gasteiger partial charge is 0.421 e. The van der Waals surface area contributed by atoms with Crippen LogP contribution in [0.3, 0.4) is 0 Å². The standard InChI is InChI=1S/C14H15N3O3S/c1-4-9-20-14(19)17-10-7-5-6-8-11(10)21-13(17)15-12(18)16(2)3/h4-8H,1,9H2,2-3H3. The molecule has 0 fully saturated rings. The monoisotopic (exact) mass is 305 g/mol. The number of carbonyl (C=O) groups excluding carboxylic acids is 2. The molecule has 2 rings (SSSR count). The van der Waals surface area contributed by atoms with Crippen LogP contribution in [0, 0.1) is 0 Å². The van der Waals surface area contributed by atoms with Gasteiger partial charge in [-0.1, -0.05) is 36.1 Å². The van der Waals surface area contributed by atoms with Gasteiger partial charge in [0.25, 0.3) is 0 Å². The third-order valence-electron chi connectivity index (χ3n) is 2.58. The normalized spacial score (nSPS) is 11.4. The van der Waals surface area contributed by atoms with Gasteiger partial charge in [0.05, 0.1) is 10.2 Å². The summed E-state index contributed by atoms with van der Waals surface area (Å²) in [6.45, 7) is 3.60. The molecule has 110 valence electrons. The predicted molar refractivity (Wildman–Crippen MR) is 81.4 cm³/mol. The number of urea groups is 1. The van der Waals surface area contributed by atoms with Gasteiger partial charge in [0.2, 0.25) is 4.80 Å². The van der Waals surface area contributed by atoms with Gasteiger partial charge in [-0.15, -0.1) is 0 Å². The predicted octanol–water partition coefficient (Wildman–Crippen LogP) is 2.46. The fourth-order valence-electron chi connectivity index (χ4n) is 1.60. The van der Waals surface area contributed by atoms with E-state index >= 15 is 0 Å². The van der Waals surface area contributed by atoms with E-state index in [1.165, 1.54) is 26.9 Å². The van der Waals surface area contributed by atoms with Crippen molar-refractivity contribution >= 4 is 33.7 Å². The second-order valence-electron chi connectivity index (χ2n) is 4.34. The molecule has 0 aliphatic carbocycles. The Kier molecular flexibility index (Phi) is 4.54. The number of fused-ring (bicyclic) bond motifs is 1. The van der Waals surface area contributed by atoms with Gasteiger partial charge in [-0.3, -0.25) is 0 Å². The Bertz CT molecular complexity index is 758. The molecule has 0 N–H and O–H groups in total. The van der Waals surface area contributed by atoms with Crippen molar-refractivity contribution in [2.75, 3.05) is 20.7 Å². The van der Waals surface area contributed by atoms with E-state index < -0.39 is 12.1 Å². The number of nitrogens with zero attached hydrogens (tertiary/aromatic N) is 3. The van der Waals surface area contributed by atoms with Crippen molar-refractivity contribution in [1.29, 1.82) is 0 Å². The molecule has 21 heavy (non-hydrogen) atoms. The fraction of sp³-hybridized carbons (Fsp3) is 0.214. The first-order valence-electron chi connectivity index (χ1n) is 6.19. The third kappa shape index (κ3) is 3.19. The zero-order chi connectivity index (χ0) is 15.4. The van der Waals surface area contributed by atoms with Gasteiger partial charge in [0, 0.05) is 14.1 Å². The zero-order valence-electron chi connectivity index (χ0n) is 11.8. The molecule has 7 heteroatoms. The number of ether oxygens (including phenoxy) is 1. The summed E-state index contributed by atoms with van der Waals surface area (Å²) in [6, 6.07) is 6.86. The van der Waals surface area contributed by atoms with Crippen LogP contribution in [0.1, 0.15) is 0 Å². The van der Waals surface area contributed by atoms with Crippen molar-refractivity contribution in [3.05, 3.63) is 41.7 Å². The summed E-state index contributed by atoms with van der Waals surface area (Å²) in [5.41, 5.74) is 0.655. The van der Waals surface area contributed by atoms with Crippen molar-refractivity contribution in [1.82, 2.24) is 9.47 Å². The molecule has 1 aromatic heterocycles. The SMILES string of the molecule is C=CCOC(=O)n1c(=NC(=O)N(C)C)sc2ccccc21. The summed E-state index contributed by atoms with van der Waals surface area (Å²) in [4.78, 5) is 29.5. The Morgan fingerprint density at radius 3 is 2.81 bits per heavy atom. The molecule has 0 aliphatic rings. The number of amides is 2. The number of aromatic nitrogens is 1. The quantitative estimate of drug-likeness (QED) is 0.801. The molecule has 0 aliphatic heterocycles. The van der Waals surface area contributed by atoms with Crippen molar-refractivity contribution in [3.8, 4) is 0 Å². The van der Waals surface area contributed by atoms with Crippen molar-refractivity contribution < 1.29 is 14.3 Å². The van der Waals surface area contributed by atoms with Crippen molar-refractivity contribution in [2.24, 2.45) is 4.99 Å². The molecule has 1 aromatic carbocycles. The van der Waals surface area contributed by atoms with Gasteiger partial charge in [-0.2, -0.15) is 4.99 Å². The minimum absolute atomic E-state index is 0.0943. The van der Waals surface area contributed by atoms with E-state index in [1.54, 1.807) is 20.2 Å². The number of rotatable bonds is 2. The maximum absolute atomic E-state index is 12.2. The number of para-hydroxylation sites is 1. The topological polar surface area (TPSA) is 63.9 Å². The average molecular weight is 305 g/mol. The summed E-state index contributed by atoms with van der Waals surface area (Å²) < 4.78 is 7.20. The highest BCUT2D eigenvalue weighted by Crippen LogP contribution is 2.17. The Hall–Kier alpha value is -2.41. The fourth-order valence-corrected chi connectivity index (χ4v) is 2.60. The second kappa shape index (κ2) is 6.36. The molecule has 0 saturated carbocycles. The zero-order valence-corrected chi connectivity index (χ0v) is 12.6. The third-order valence-corrected chi connectivity index (χ3v) is 3.60. The summed E-state index contributed by atoms with van der Waals surface area (Å²) >= 11 is 1.25. The molecule has 2 amide bonds. The molecule has 0 spiro atoms. The minimum Gasteiger partial charge on any atom is -0.445 e. The second-order valence-corrected chi connectivity index (χ2v) is 5.35. The van der Waals surface area contributed by atoms with E-state index in [9.17, 15) is 9.59 Å². The number of thiazole rings is 1. The van der Waals surface area contributed by atoms with Crippen molar-refractivity contribution in [3.63, 3.8) is 0 Å². The van der Waals surface area contributed by atoms with Gasteiger partial charge >= 0.3 is 12.1 Å². The molecule has 6 nitrogen and oxygen atoms in total. The first-order valence-corrected chi connectivity index (χ1v) is 7.01. The molecule has 1 heterocycles. The highest BCUT2D eigenvalue weighted by atomic mass is 32.1. The Morgan fingerprint density at radius 1 is 1.43 bits per heavy atom. The molecular weight excluding hydrogens is 290 g/mol. The molecule has 2 aromatic rings. The highest BCUT2D eigenvalue weighted by molar-refractivity contribution is 7.16. The van der Waals surface area contributed by atoms with E-state index in [4.69, 9.17) is 4.74 Å². The summed E-state index contributed by atoms with van der Waals surface area (Å²) in [5, 5.41) is 0. The molecule has 0 saturated heterocycles. The first kappa shape index (κ1) is 15.0. The lowest BCUT2D eigenvalue weighted by molar-refractivity contribution is 0.160. The largest absolute Gasteiger partial charge is 0.445 e. The van der Waals surface area contributed by atoms with Gasteiger partial charge in [-0.05, 0) is 12.1 Å². The van der Waals surface area contributed by atoms with Gasteiger partial charge < -0.3 is 9.64 Å². The molecule has 0 radical (unpaired) electrons. The van der Waals surface area contributed by atoms with Gasteiger partial charge in [0.15, 0.2) is 0 Å². The van der Waals surface area contributed by atoms with Crippen LogP contribution in [0.2, 0.25) is 0 Å². The lowest BCUT2D eigenvalue weighted by Gasteiger charge is -2.06. The Labute approximate surface area is 125 Å². The van der Waals surface area contributed by atoms with Crippen LogP contribution >= 0.6 is 11.3 Å². The van der Waals surface area contributed by atoms with Crippen LogP contribution in [-0.2, 0) is 4.74 Å². The van der Waals surface area contributed by atoms with Crippen LogP contribution in [0.15, 0.2) is 41.9 Å². The van der Waals surface area contributed by atoms with E-state index in [0.717, 1.165) is 4.70 Å². The lowest BCUT2D eigenvalue weighted by atomic mass is 10.3. The maximum atomic E-state index is 12.2. The average Bonchev–Trinajstić information content (AvgIpc) is 2.82. The lowest BCUT2D eigenvalue weighted by Crippen LogP contribution is -2.28. The maximum Gasteiger partial charge on any atom is 0.421 e. The Balaban J connectivity index is 2.61. The van der Waals surface area contributed by atoms with Gasteiger partial charge in [0.1, 0.15) is 6.61 Å². The van der Waals surface area contributed by atoms with Crippen LogP contribution in [0.25, 0.3) is 10.2 Å². The highest BCUT2D eigenvalue weighted by Gasteiger charge is 2.15.